The van der Waals surface area contributed by atoms with E-state index in [9.17, 15) is 0 Å². The lowest BCUT2D eigenvalue weighted by atomic mass is 10.3. The number of hydrogen-bond donors (Lipinski definition) is 0. The highest BCUT2D eigenvalue weighted by Crippen LogP contribution is 2.56. The molecule has 3 heteroatoms. The standard InChI is InChI=1S/C8H8O3/c1-9-5-3-4-6-8(11-6)7(5)10-2/h3-4H,1-2H3. The Kier molecular flexibility index (Phi) is 1.18. The first-order chi connectivity index (χ1) is 5.36. The van der Waals surface area contributed by atoms with Crippen LogP contribution in [-0.4, -0.2) is 14.2 Å². The topological polar surface area (TPSA) is 31.0 Å². The minimum atomic E-state index is 0.685. The van der Waals surface area contributed by atoms with Gasteiger partial charge in [-0.3, -0.25) is 0 Å². The maximum absolute atomic E-state index is 5.10. The largest absolute Gasteiger partial charge is 0.493 e. The van der Waals surface area contributed by atoms with Gasteiger partial charge < -0.3 is 14.2 Å². The Hall–Kier alpha value is -1.38. The number of fused-ring (bicyclic) bond motifs is 1. The van der Waals surface area contributed by atoms with Crippen LogP contribution in [0.4, 0.5) is 0 Å². The van der Waals surface area contributed by atoms with E-state index in [4.69, 9.17) is 14.2 Å². The molecule has 3 nitrogen and oxygen atoms in total. The Labute approximate surface area is 64.5 Å². The van der Waals surface area contributed by atoms with Gasteiger partial charge in [0.15, 0.2) is 11.5 Å². The molecule has 11 heavy (non-hydrogen) atoms. The zero-order valence-corrected chi connectivity index (χ0v) is 6.38. The molecule has 0 atom stereocenters. The smallest absolute Gasteiger partial charge is 0.215 e. The van der Waals surface area contributed by atoms with Gasteiger partial charge in [0.25, 0.3) is 0 Å². The van der Waals surface area contributed by atoms with Crippen molar-refractivity contribution >= 4 is 0 Å². The van der Waals surface area contributed by atoms with E-state index in [1.54, 1.807) is 14.2 Å². The van der Waals surface area contributed by atoms with Crippen molar-refractivity contribution in [3.63, 3.8) is 0 Å². The van der Waals surface area contributed by atoms with Crippen molar-refractivity contribution in [2.45, 2.75) is 0 Å². The van der Waals surface area contributed by atoms with Crippen LogP contribution in [0, 0.1) is 0 Å². The zero-order valence-electron chi connectivity index (χ0n) is 6.38. The molecule has 0 amide bonds. The molecule has 1 heterocycles. The molecule has 0 aromatic heterocycles. The molecule has 0 saturated carbocycles. The fraction of sp³-hybridized carbons (Fsp3) is 0.250. The van der Waals surface area contributed by atoms with Gasteiger partial charge >= 0.3 is 0 Å². The molecule has 0 aliphatic carbocycles. The van der Waals surface area contributed by atoms with E-state index in [1.807, 2.05) is 12.1 Å². The predicted molar refractivity (Wildman–Crippen MR) is 39.6 cm³/mol. The number of benzene rings is 1. The van der Waals surface area contributed by atoms with Gasteiger partial charge in [-0.25, -0.2) is 0 Å². The Balaban J connectivity index is 2.49. The van der Waals surface area contributed by atoms with E-state index in [0.29, 0.717) is 11.5 Å². The molecule has 1 aromatic carbocycles. The summed E-state index contributed by atoms with van der Waals surface area (Å²) in [7, 11) is 3.20. The highest BCUT2D eigenvalue weighted by Gasteiger charge is 2.28. The SMILES string of the molecule is COc1ccc2c(c1OC)O2. The van der Waals surface area contributed by atoms with Crippen molar-refractivity contribution in [3.8, 4) is 23.0 Å². The minimum absolute atomic E-state index is 0.685. The highest BCUT2D eigenvalue weighted by molar-refractivity contribution is 5.68. The maximum Gasteiger partial charge on any atom is 0.215 e. The fourth-order valence-electron chi connectivity index (χ4n) is 1.05. The average Bonchev–Trinajstić information content (AvgIpc) is 2.80. The molecule has 0 unspecified atom stereocenters. The lowest BCUT2D eigenvalue weighted by molar-refractivity contribution is 0.352. The zero-order chi connectivity index (χ0) is 7.84. The number of rotatable bonds is 2. The summed E-state index contributed by atoms with van der Waals surface area (Å²) >= 11 is 0. The molecular formula is C8H8O3. The second kappa shape index (κ2) is 2.05. The second-order valence-corrected chi connectivity index (χ2v) is 2.23. The summed E-state index contributed by atoms with van der Waals surface area (Å²) in [5.74, 6) is 3.07. The van der Waals surface area contributed by atoms with Crippen molar-refractivity contribution in [3.05, 3.63) is 12.1 Å². The molecule has 0 spiro atoms. The van der Waals surface area contributed by atoms with Crippen LogP contribution in [0.5, 0.6) is 23.0 Å². The summed E-state index contributed by atoms with van der Waals surface area (Å²) in [4.78, 5) is 0. The number of hydrogen-bond acceptors (Lipinski definition) is 3. The van der Waals surface area contributed by atoms with Crippen molar-refractivity contribution in [2.75, 3.05) is 14.2 Å². The molecule has 1 aliphatic heterocycles. The van der Waals surface area contributed by atoms with Crippen molar-refractivity contribution in [1.29, 1.82) is 0 Å². The molecule has 58 valence electrons. The predicted octanol–water partition coefficient (Wildman–Crippen LogP) is 1.81. The van der Waals surface area contributed by atoms with Crippen LogP contribution in [0.1, 0.15) is 0 Å². The molecule has 0 saturated heterocycles. The van der Waals surface area contributed by atoms with Crippen molar-refractivity contribution in [2.24, 2.45) is 0 Å². The molecular weight excluding hydrogens is 144 g/mol. The molecule has 0 N–H and O–H groups in total. The van der Waals surface area contributed by atoms with Gasteiger partial charge in [-0.05, 0) is 12.1 Å². The Morgan fingerprint density at radius 2 is 2.00 bits per heavy atom. The van der Waals surface area contributed by atoms with E-state index in [0.717, 1.165) is 11.5 Å². The van der Waals surface area contributed by atoms with E-state index in [-0.39, 0.29) is 0 Å². The first-order valence-corrected chi connectivity index (χ1v) is 3.29. The van der Waals surface area contributed by atoms with Crippen LogP contribution in [0.25, 0.3) is 0 Å². The average molecular weight is 152 g/mol. The summed E-state index contributed by atoms with van der Waals surface area (Å²) in [6, 6.07) is 3.68. The first kappa shape index (κ1) is 6.34. The van der Waals surface area contributed by atoms with E-state index < -0.39 is 0 Å². The third kappa shape index (κ3) is 0.808. The van der Waals surface area contributed by atoms with Crippen LogP contribution < -0.4 is 14.2 Å². The summed E-state index contributed by atoms with van der Waals surface area (Å²) in [5.41, 5.74) is 0. The molecule has 1 aromatic rings. The molecule has 0 bridgehead atoms. The third-order valence-electron chi connectivity index (χ3n) is 1.63. The Morgan fingerprint density at radius 3 is 2.64 bits per heavy atom. The molecule has 2 rings (SSSR count). The van der Waals surface area contributed by atoms with Gasteiger partial charge in [0.1, 0.15) is 0 Å². The maximum atomic E-state index is 5.10. The normalized spacial score (nSPS) is 11.5. The van der Waals surface area contributed by atoms with Gasteiger partial charge in [0.2, 0.25) is 11.5 Å². The van der Waals surface area contributed by atoms with Gasteiger partial charge in [-0.2, -0.15) is 0 Å². The number of ether oxygens (including phenoxy) is 3. The summed E-state index contributed by atoms with van der Waals surface area (Å²) in [6.45, 7) is 0. The van der Waals surface area contributed by atoms with Gasteiger partial charge in [0.05, 0.1) is 14.2 Å². The van der Waals surface area contributed by atoms with Crippen LogP contribution in [0.3, 0.4) is 0 Å². The van der Waals surface area contributed by atoms with E-state index >= 15 is 0 Å². The van der Waals surface area contributed by atoms with Crippen LogP contribution in [-0.2, 0) is 0 Å². The lowest BCUT2D eigenvalue weighted by Crippen LogP contribution is -1.86. The van der Waals surface area contributed by atoms with E-state index in [1.165, 1.54) is 0 Å². The molecule has 0 fully saturated rings. The van der Waals surface area contributed by atoms with Gasteiger partial charge in [-0.1, -0.05) is 0 Å². The van der Waals surface area contributed by atoms with Crippen molar-refractivity contribution in [1.82, 2.24) is 0 Å². The molecule has 1 aliphatic rings. The van der Waals surface area contributed by atoms with Crippen molar-refractivity contribution < 1.29 is 14.2 Å². The minimum Gasteiger partial charge on any atom is -0.493 e. The second-order valence-electron chi connectivity index (χ2n) is 2.23. The Morgan fingerprint density at radius 1 is 1.18 bits per heavy atom. The third-order valence-corrected chi connectivity index (χ3v) is 1.63. The van der Waals surface area contributed by atoms with Gasteiger partial charge in [-0.15, -0.1) is 0 Å². The summed E-state index contributed by atoms with van der Waals surface area (Å²) in [6.07, 6.45) is 0. The van der Waals surface area contributed by atoms with Crippen LogP contribution in [0.15, 0.2) is 12.1 Å². The van der Waals surface area contributed by atoms with E-state index in [2.05, 4.69) is 0 Å². The first-order valence-electron chi connectivity index (χ1n) is 3.29. The number of methoxy groups -OCH3 is 2. The monoisotopic (exact) mass is 152 g/mol. The van der Waals surface area contributed by atoms with Crippen LogP contribution >= 0.6 is 0 Å². The summed E-state index contributed by atoms with van der Waals surface area (Å²) in [5, 5.41) is 0. The Bertz CT molecular complexity index is 294. The molecule has 0 radical (unpaired) electrons. The quantitative estimate of drug-likeness (QED) is 0.615. The summed E-state index contributed by atoms with van der Waals surface area (Å²) < 4.78 is 15.2. The van der Waals surface area contributed by atoms with Crippen LogP contribution in [0.2, 0.25) is 0 Å². The lowest BCUT2D eigenvalue weighted by Gasteiger charge is -2.02. The van der Waals surface area contributed by atoms with Gasteiger partial charge in [0, 0.05) is 0 Å². The fourth-order valence-corrected chi connectivity index (χ4v) is 1.05. The highest BCUT2D eigenvalue weighted by atomic mass is 16.6.